The van der Waals surface area contributed by atoms with Crippen LogP contribution in [-0.4, -0.2) is 28.2 Å². The standard InChI is InChI=1S/C25H25N3O4S/c1-5-31-24(30)21-16(4)27-25-28(22(21)18-8-6-7-9-19(18)32-15(2)3)23(29)20(33-25)14-17-10-12-26-13-11-17/h6-15,22H,5H2,1-4H3/b20-14+/t22-/m1/s1. The fourth-order valence-electron chi connectivity index (χ4n) is 3.76. The third kappa shape index (κ3) is 4.52. The maximum absolute atomic E-state index is 13.6. The predicted octanol–water partition coefficient (Wildman–Crippen LogP) is 2.98. The molecule has 2 aromatic heterocycles. The van der Waals surface area contributed by atoms with E-state index in [-0.39, 0.29) is 18.3 Å². The number of hydrogen-bond acceptors (Lipinski definition) is 7. The van der Waals surface area contributed by atoms with Crippen LogP contribution in [0.2, 0.25) is 0 Å². The first-order chi connectivity index (χ1) is 15.9. The highest BCUT2D eigenvalue weighted by molar-refractivity contribution is 7.07. The second-order valence-electron chi connectivity index (χ2n) is 7.79. The zero-order chi connectivity index (χ0) is 23.5. The number of carbonyl (C=O) groups is 1. The molecule has 7 nitrogen and oxygen atoms in total. The summed E-state index contributed by atoms with van der Waals surface area (Å²) >= 11 is 1.29. The molecule has 170 valence electrons. The molecule has 0 unspecified atom stereocenters. The second kappa shape index (κ2) is 9.54. The van der Waals surface area contributed by atoms with Crippen molar-refractivity contribution in [1.82, 2.24) is 9.55 Å². The maximum atomic E-state index is 13.6. The van der Waals surface area contributed by atoms with E-state index in [9.17, 15) is 9.59 Å². The number of nitrogens with zero attached hydrogens (tertiary/aromatic N) is 3. The maximum Gasteiger partial charge on any atom is 0.338 e. The van der Waals surface area contributed by atoms with Gasteiger partial charge in [-0.2, -0.15) is 0 Å². The van der Waals surface area contributed by atoms with Crippen LogP contribution < -0.4 is 19.6 Å². The minimum atomic E-state index is -0.713. The van der Waals surface area contributed by atoms with Crippen molar-refractivity contribution < 1.29 is 14.3 Å². The first-order valence-corrected chi connectivity index (χ1v) is 11.6. The van der Waals surface area contributed by atoms with Gasteiger partial charge in [-0.15, -0.1) is 0 Å². The zero-order valence-corrected chi connectivity index (χ0v) is 19.8. The van der Waals surface area contributed by atoms with E-state index in [2.05, 4.69) is 9.98 Å². The molecular weight excluding hydrogens is 438 g/mol. The number of rotatable bonds is 6. The Kier molecular flexibility index (Phi) is 6.55. The number of benzene rings is 1. The monoisotopic (exact) mass is 463 g/mol. The van der Waals surface area contributed by atoms with Gasteiger partial charge in [-0.25, -0.2) is 9.79 Å². The Morgan fingerprint density at radius 1 is 1.21 bits per heavy atom. The molecule has 0 spiro atoms. The Labute approximate surface area is 195 Å². The molecule has 33 heavy (non-hydrogen) atoms. The summed E-state index contributed by atoms with van der Waals surface area (Å²) in [5, 5.41) is 0. The number of pyridine rings is 1. The molecule has 1 aliphatic rings. The molecule has 0 bridgehead atoms. The number of aromatic nitrogens is 2. The molecule has 3 heterocycles. The number of esters is 1. The highest BCUT2D eigenvalue weighted by Gasteiger charge is 2.35. The van der Waals surface area contributed by atoms with Crippen LogP contribution in [0.1, 0.15) is 44.9 Å². The quantitative estimate of drug-likeness (QED) is 0.525. The number of ether oxygens (including phenoxy) is 2. The normalized spacial score (nSPS) is 15.9. The lowest BCUT2D eigenvalue weighted by molar-refractivity contribution is -0.139. The zero-order valence-electron chi connectivity index (χ0n) is 18.9. The van der Waals surface area contributed by atoms with Crippen LogP contribution in [0.25, 0.3) is 6.08 Å². The lowest BCUT2D eigenvalue weighted by Crippen LogP contribution is -2.40. The summed E-state index contributed by atoms with van der Waals surface area (Å²) in [5.74, 6) is 0.115. The van der Waals surface area contributed by atoms with E-state index in [1.165, 1.54) is 11.3 Å². The minimum absolute atomic E-state index is 0.0789. The molecule has 0 saturated carbocycles. The van der Waals surface area contributed by atoms with Crippen molar-refractivity contribution in [2.24, 2.45) is 4.99 Å². The van der Waals surface area contributed by atoms with Crippen LogP contribution in [0.5, 0.6) is 5.75 Å². The lowest BCUT2D eigenvalue weighted by atomic mass is 9.95. The van der Waals surface area contributed by atoms with Gasteiger partial charge in [-0.3, -0.25) is 14.3 Å². The van der Waals surface area contributed by atoms with Crippen molar-refractivity contribution in [3.8, 4) is 5.75 Å². The molecule has 1 atom stereocenters. The van der Waals surface area contributed by atoms with E-state index in [1.807, 2.05) is 56.3 Å². The molecule has 1 aromatic carbocycles. The van der Waals surface area contributed by atoms with Gasteiger partial charge in [-0.05, 0) is 57.5 Å². The summed E-state index contributed by atoms with van der Waals surface area (Å²) in [6, 6.07) is 10.4. The average Bonchev–Trinajstić information content (AvgIpc) is 3.08. The van der Waals surface area contributed by atoms with Gasteiger partial charge in [0.05, 0.1) is 28.5 Å². The van der Waals surface area contributed by atoms with Crippen molar-refractivity contribution in [3.05, 3.63) is 90.9 Å². The number of fused-ring (bicyclic) bond motifs is 1. The highest BCUT2D eigenvalue weighted by atomic mass is 32.1. The molecule has 0 N–H and O–H groups in total. The number of carbonyl (C=O) groups excluding carboxylic acids is 1. The van der Waals surface area contributed by atoms with E-state index in [0.717, 1.165) is 5.56 Å². The minimum Gasteiger partial charge on any atom is -0.491 e. The molecule has 0 radical (unpaired) electrons. The van der Waals surface area contributed by atoms with Crippen molar-refractivity contribution in [2.75, 3.05) is 6.61 Å². The van der Waals surface area contributed by atoms with E-state index >= 15 is 0 Å². The van der Waals surface area contributed by atoms with Crippen LogP contribution in [0.4, 0.5) is 0 Å². The van der Waals surface area contributed by atoms with E-state index in [1.54, 1.807) is 30.8 Å². The van der Waals surface area contributed by atoms with Crippen molar-refractivity contribution in [3.63, 3.8) is 0 Å². The first kappa shape index (κ1) is 22.7. The van der Waals surface area contributed by atoms with Crippen molar-refractivity contribution >= 4 is 23.4 Å². The summed E-state index contributed by atoms with van der Waals surface area (Å²) in [6.07, 6.45) is 5.08. The predicted molar refractivity (Wildman–Crippen MR) is 127 cm³/mol. The molecule has 8 heteroatoms. The van der Waals surface area contributed by atoms with Gasteiger partial charge in [-0.1, -0.05) is 29.5 Å². The van der Waals surface area contributed by atoms with Gasteiger partial charge in [0, 0.05) is 18.0 Å². The Morgan fingerprint density at radius 2 is 1.94 bits per heavy atom. The summed E-state index contributed by atoms with van der Waals surface area (Å²) in [4.78, 5) is 35.8. The van der Waals surface area contributed by atoms with Crippen LogP contribution in [0, 0.1) is 0 Å². The number of thiazole rings is 1. The summed E-state index contributed by atoms with van der Waals surface area (Å²) in [5.41, 5.74) is 2.19. The van der Waals surface area contributed by atoms with Crippen molar-refractivity contribution in [1.29, 1.82) is 0 Å². The smallest absolute Gasteiger partial charge is 0.338 e. The van der Waals surface area contributed by atoms with Gasteiger partial charge >= 0.3 is 5.97 Å². The Balaban J connectivity index is 1.99. The fourth-order valence-corrected chi connectivity index (χ4v) is 4.81. The van der Waals surface area contributed by atoms with Gasteiger partial charge in [0.2, 0.25) is 0 Å². The summed E-state index contributed by atoms with van der Waals surface area (Å²) in [7, 11) is 0. The van der Waals surface area contributed by atoms with Crippen molar-refractivity contribution in [2.45, 2.75) is 39.8 Å². The molecule has 4 rings (SSSR count). The third-order valence-electron chi connectivity index (χ3n) is 5.10. The molecule has 1 aliphatic heterocycles. The molecule has 0 fully saturated rings. The lowest BCUT2D eigenvalue weighted by Gasteiger charge is -2.26. The Bertz CT molecular complexity index is 1390. The van der Waals surface area contributed by atoms with Gasteiger partial charge in [0.25, 0.3) is 5.56 Å². The molecule has 3 aromatic rings. The average molecular weight is 464 g/mol. The van der Waals surface area contributed by atoms with Crippen LogP contribution >= 0.6 is 11.3 Å². The largest absolute Gasteiger partial charge is 0.491 e. The fraction of sp³-hybridized carbons (Fsp3) is 0.280. The highest BCUT2D eigenvalue weighted by Crippen LogP contribution is 2.36. The molecular formula is C25H25N3O4S. The summed E-state index contributed by atoms with van der Waals surface area (Å²) in [6.45, 7) is 7.61. The SMILES string of the molecule is CCOC(=O)C1=C(C)N=c2s/c(=C/c3ccncc3)c(=O)n2[C@@H]1c1ccccc1OC(C)C. The first-order valence-electron chi connectivity index (χ1n) is 10.8. The number of hydrogen-bond donors (Lipinski definition) is 0. The van der Waals surface area contributed by atoms with Gasteiger partial charge < -0.3 is 9.47 Å². The molecule has 0 aliphatic carbocycles. The number of para-hydroxylation sites is 1. The third-order valence-corrected chi connectivity index (χ3v) is 6.08. The Hall–Kier alpha value is -3.52. The van der Waals surface area contributed by atoms with Gasteiger partial charge in [0.15, 0.2) is 4.80 Å². The van der Waals surface area contributed by atoms with E-state index < -0.39 is 12.0 Å². The van der Waals surface area contributed by atoms with Crippen LogP contribution in [-0.2, 0) is 9.53 Å². The number of allylic oxidation sites excluding steroid dienone is 1. The molecule has 0 amide bonds. The van der Waals surface area contributed by atoms with Gasteiger partial charge in [0.1, 0.15) is 11.8 Å². The topological polar surface area (TPSA) is 82.8 Å². The summed E-state index contributed by atoms with van der Waals surface area (Å²) < 4.78 is 13.5. The Morgan fingerprint density at radius 3 is 2.64 bits per heavy atom. The van der Waals surface area contributed by atoms with Crippen LogP contribution in [0.15, 0.2) is 69.8 Å². The van der Waals surface area contributed by atoms with E-state index in [4.69, 9.17) is 9.47 Å². The van der Waals surface area contributed by atoms with E-state index in [0.29, 0.717) is 31.9 Å². The second-order valence-corrected chi connectivity index (χ2v) is 8.80. The van der Waals surface area contributed by atoms with Crippen LogP contribution in [0.3, 0.4) is 0 Å². The molecule has 0 saturated heterocycles.